The number of hydrogen-bond donors (Lipinski definition) is 1. The number of carbonyl (C=O) groups excluding carboxylic acids is 3. The number of sulfone groups is 1. The predicted octanol–water partition coefficient (Wildman–Crippen LogP) is 3.02. The van der Waals surface area contributed by atoms with Crippen LogP contribution in [0, 0.1) is 5.92 Å². The summed E-state index contributed by atoms with van der Waals surface area (Å²) in [5.41, 5.74) is 0.155. The second-order valence-electron chi connectivity index (χ2n) is 9.99. The minimum absolute atomic E-state index is 0.0536. The zero-order chi connectivity index (χ0) is 27.2. The van der Waals surface area contributed by atoms with E-state index in [1.807, 2.05) is 4.90 Å². The molecule has 2 unspecified atom stereocenters. The van der Waals surface area contributed by atoms with E-state index in [0.717, 1.165) is 17.0 Å². The standard InChI is InChI=1S/C26H26F3N3O5S/c27-26(28,29)18-6-1-4-16(12-18)13-32-24(34)20-7-2-8-21(22(20)25(32)35)31-10-3-5-17(14-31)23(33)30-19-9-11-38(36,37)15-19/h1-2,4,6-8,12,17,19H,3,5,9-11,13-15H2,(H,30,33). The maximum absolute atomic E-state index is 13.4. The Morgan fingerprint density at radius 2 is 1.82 bits per heavy atom. The SMILES string of the molecule is O=C(NC1CCS(=O)(=O)C1)C1CCCN(c2cccc3c2C(=O)N(Cc2cccc(C(F)(F)F)c2)C3=O)C1. The van der Waals surface area contributed by atoms with Gasteiger partial charge in [0.1, 0.15) is 0 Å². The molecule has 12 heteroatoms. The first kappa shape index (κ1) is 26.2. The summed E-state index contributed by atoms with van der Waals surface area (Å²) in [6.07, 6.45) is -2.91. The minimum atomic E-state index is -4.55. The number of alkyl halides is 3. The van der Waals surface area contributed by atoms with Crippen LogP contribution in [-0.4, -0.2) is 61.7 Å². The van der Waals surface area contributed by atoms with E-state index >= 15 is 0 Å². The fraction of sp³-hybridized carbons (Fsp3) is 0.423. The monoisotopic (exact) mass is 549 g/mol. The number of amides is 3. The summed E-state index contributed by atoms with van der Waals surface area (Å²) < 4.78 is 62.9. The van der Waals surface area contributed by atoms with Gasteiger partial charge in [-0.1, -0.05) is 18.2 Å². The minimum Gasteiger partial charge on any atom is -0.370 e. The van der Waals surface area contributed by atoms with E-state index in [9.17, 15) is 36.0 Å². The number of nitrogens with one attached hydrogen (secondary N) is 1. The highest BCUT2D eigenvalue weighted by Crippen LogP contribution is 2.35. The van der Waals surface area contributed by atoms with Crippen LogP contribution in [0.25, 0.3) is 0 Å². The Labute approximate surface area is 217 Å². The summed E-state index contributed by atoms with van der Waals surface area (Å²) in [7, 11) is -3.14. The molecule has 8 nitrogen and oxygen atoms in total. The number of rotatable bonds is 5. The zero-order valence-electron chi connectivity index (χ0n) is 20.3. The lowest BCUT2D eigenvalue weighted by atomic mass is 9.95. The quantitative estimate of drug-likeness (QED) is 0.576. The Hall–Kier alpha value is -3.41. The molecule has 0 aliphatic carbocycles. The average molecular weight is 550 g/mol. The largest absolute Gasteiger partial charge is 0.416 e. The van der Waals surface area contributed by atoms with Gasteiger partial charge in [0.2, 0.25) is 5.91 Å². The van der Waals surface area contributed by atoms with Gasteiger partial charge in [-0.25, -0.2) is 8.42 Å². The van der Waals surface area contributed by atoms with E-state index in [0.29, 0.717) is 31.5 Å². The number of carbonyl (C=O) groups is 3. The number of fused-ring (bicyclic) bond motifs is 1. The number of hydrogen-bond acceptors (Lipinski definition) is 6. The summed E-state index contributed by atoms with van der Waals surface area (Å²) in [6, 6.07) is 8.96. The fourth-order valence-corrected chi connectivity index (χ4v) is 7.06. The van der Waals surface area contributed by atoms with Crippen molar-refractivity contribution in [3.05, 3.63) is 64.7 Å². The second-order valence-corrected chi connectivity index (χ2v) is 12.2. The van der Waals surface area contributed by atoms with Crippen LogP contribution in [0.2, 0.25) is 0 Å². The summed E-state index contributed by atoms with van der Waals surface area (Å²) in [4.78, 5) is 42.2. The first-order valence-corrected chi connectivity index (χ1v) is 14.2. The van der Waals surface area contributed by atoms with Crippen LogP contribution in [-0.2, 0) is 27.4 Å². The molecule has 5 rings (SSSR count). The van der Waals surface area contributed by atoms with E-state index in [1.165, 1.54) is 18.2 Å². The van der Waals surface area contributed by atoms with Gasteiger partial charge in [0.05, 0.1) is 46.3 Å². The first-order valence-electron chi connectivity index (χ1n) is 12.3. The van der Waals surface area contributed by atoms with Gasteiger partial charge in [-0.2, -0.15) is 13.2 Å². The normalized spacial score (nSPS) is 23.0. The molecule has 202 valence electrons. The topological polar surface area (TPSA) is 104 Å². The molecule has 38 heavy (non-hydrogen) atoms. The van der Waals surface area contributed by atoms with Gasteiger partial charge >= 0.3 is 6.18 Å². The number of halogens is 3. The van der Waals surface area contributed by atoms with E-state index in [1.54, 1.807) is 12.1 Å². The van der Waals surface area contributed by atoms with Gasteiger partial charge in [0, 0.05) is 19.1 Å². The molecule has 3 aliphatic heterocycles. The van der Waals surface area contributed by atoms with Crippen molar-refractivity contribution in [3.8, 4) is 0 Å². The molecule has 2 aromatic carbocycles. The Balaban J connectivity index is 1.33. The molecule has 2 fully saturated rings. The summed E-state index contributed by atoms with van der Waals surface area (Å²) in [5, 5.41) is 2.84. The van der Waals surface area contributed by atoms with Crippen molar-refractivity contribution in [2.45, 2.75) is 38.0 Å². The second kappa shape index (κ2) is 9.72. The van der Waals surface area contributed by atoms with Gasteiger partial charge in [0.25, 0.3) is 11.8 Å². The summed E-state index contributed by atoms with van der Waals surface area (Å²) >= 11 is 0. The highest BCUT2D eigenvalue weighted by atomic mass is 32.2. The van der Waals surface area contributed by atoms with E-state index < -0.39 is 45.4 Å². The Morgan fingerprint density at radius 1 is 1.05 bits per heavy atom. The number of benzene rings is 2. The van der Waals surface area contributed by atoms with E-state index in [4.69, 9.17) is 0 Å². The van der Waals surface area contributed by atoms with Gasteiger partial charge in [-0.3, -0.25) is 19.3 Å². The third-order valence-electron chi connectivity index (χ3n) is 7.28. The van der Waals surface area contributed by atoms with Crippen molar-refractivity contribution in [1.82, 2.24) is 10.2 Å². The molecule has 0 saturated carbocycles. The molecule has 0 bridgehead atoms. The maximum atomic E-state index is 13.4. The third kappa shape index (κ3) is 5.13. The molecule has 0 spiro atoms. The van der Waals surface area contributed by atoms with Crippen molar-refractivity contribution >= 4 is 33.2 Å². The van der Waals surface area contributed by atoms with Crippen LogP contribution in [0.3, 0.4) is 0 Å². The van der Waals surface area contributed by atoms with Crippen LogP contribution in [0.4, 0.5) is 18.9 Å². The number of piperidine rings is 1. The zero-order valence-corrected chi connectivity index (χ0v) is 21.1. The van der Waals surface area contributed by atoms with Crippen molar-refractivity contribution < 1.29 is 36.0 Å². The molecule has 2 atom stereocenters. The molecule has 3 aliphatic rings. The maximum Gasteiger partial charge on any atom is 0.416 e. The van der Waals surface area contributed by atoms with Crippen molar-refractivity contribution in [1.29, 1.82) is 0 Å². The van der Waals surface area contributed by atoms with Crippen LogP contribution in [0.15, 0.2) is 42.5 Å². The molecule has 2 saturated heterocycles. The molecule has 1 N–H and O–H groups in total. The molecule has 3 amide bonds. The third-order valence-corrected chi connectivity index (χ3v) is 9.05. The van der Waals surface area contributed by atoms with E-state index in [-0.39, 0.29) is 47.2 Å². The van der Waals surface area contributed by atoms with Gasteiger partial charge in [-0.15, -0.1) is 0 Å². The van der Waals surface area contributed by atoms with Crippen molar-refractivity contribution in [2.75, 3.05) is 29.5 Å². The summed E-state index contributed by atoms with van der Waals surface area (Å²) in [5.74, 6) is -1.86. The lowest BCUT2D eigenvalue weighted by Crippen LogP contribution is -2.46. The van der Waals surface area contributed by atoms with Gasteiger partial charge < -0.3 is 10.2 Å². The van der Waals surface area contributed by atoms with Crippen LogP contribution in [0.1, 0.15) is 51.1 Å². The number of anilines is 1. The predicted molar refractivity (Wildman–Crippen MR) is 132 cm³/mol. The smallest absolute Gasteiger partial charge is 0.370 e. The average Bonchev–Trinajstić information content (AvgIpc) is 3.34. The first-order chi connectivity index (χ1) is 17.9. The molecular formula is C26H26F3N3O5S. The van der Waals surface area contributed by atoms with E-state index in [2.05, 4.69) is 5.32 Å². The molecule has 0 aromatic heterocycles. The molecule has 2 aromatic rings. The number of nitrogens with zero attached hydrogens (tertiary/aromatic N) is 2. The molecule has 0 radical (unpaired) electrons. The fourth-order valence-electron chi connectivity index (χ4n) is 5.39. The summed E-state index contributed by atoms with van der Waals surface area (Å²) in [6.45, 7) is 0.537. The highest BCUT2D eigenvalue weighted by molar-refractivity contribution is 7.91. The Bertz CT molecular complexity index is 1410. The van der Waals surface area contributed by atoms with Crippen molar-refractivity contribution in [3.63, 3.8) is 0 Å². The number of imide groups is 1. The molecule has 3 heterocycles. The van der Waals surface area contributed by atoms with Crippen LogP contribution < -0.4 is 10.2 Å². The Morgan fingerprint density at radius 3 is 2.53 bits per heavy atom. The lowest BCUT2D eigenvalue weighted by Gasteiger charge is -2.35. The highest BCUT2D eigenvalue weighted by Gasteiger charge is 2.40. The van der Waals surface area contributed by atoms with Gasteiger partial charge in [0.15, 0.2) is 9.84 Å². The lowest BCUT2D eigenvalue weighted by molar-refractivity contribution is -0.137. The van der Waals surface area contributed by atoms with Crippen LogP contribution >= 0.6 is 0 Å². The molecular weight excluding hydrogens is 523 g/mol. The Kier molecular flexibility index (Phi) is 6.70. The van der Waals surface area contributed by atoms with Crippen LogP contribution in [0.5, 0.6) is 0 Å². The van der Waals surface area contributed by atoms with Gasteiger partial charge in [-0.05, 0) is 49.1 Å². The van der Waals surface area contributed by atoms with Crippen molar-refractivity contribution in [2.24, 2.45) is 5.92 Å².